The zero-order valence-electron chi connectivity index (χ0n) is 9.35. The van der Waals surface area contributed by atoms with E-state index >= 15 is 0 Å². The van der Waals surface area contributed by atoms with E-state index < -0.39 is 5.97 Å². The second-order valence-corrected chi connectivity index (χ2v) is 3.84. The molecule has 2 N–H and O–H groups in total. The predicted molar refractivity (Wildman–Crippen MR) is 62.6 cm³/mol. The van der Waals surface area contributed by atoms with E-state index in [1.165, 1.54) is 12.3 Å². The lowest BCUT2D eigenvalue weighted by Crippen LogP contribution is -2.05. The fraction of sp³-hybridized carbons (Fsp3) is 0.200. The largest absolute Gasteiger partial charge is 0.478 e. The molecule has 0 amide bonds. The number of carboxylic acids is 1. The minimum Gasteiger partial charge on any atom is -0.478 e. The maximum Gasteiger partial charge on any atom is 0.337 e. The number of aromatic nitrogens is 3. The minimum absolute atomic E-state index is 0.0153. The molecule has 8 heteroatoms. The number of nitrogens with zero attached hydrogens (tertiary/aromatic N) is 3. The van der Waals surface area contributed by atoms with Crippen LogP contribution in [0.1, 0.15) is 22.1 Å². The van der Waals surface area contributed by atoms with E-state index in [2.05, 4.69) is 20.4 Å². The molecule has 0 aromatic carbocycles. The van der Waals surface area contributed by atoms with E-state index in [1.807, 2.05) is 0 Å². The van der Waals surface area contributed by atoms with Crippen molar-refractivity contribution in [1.82, 2.24) is 15.1 Å². The molecule has 2 aromatic heterocycles. The zero-order valence-corrected chi connectivity index (χ0v) is 10.1. The molecular weight excluding hydrogens is 260 g/mol. The number of halogens is 1. The van der Waals surface area contributed by atoms with Crippen molar-refractivity contribution < 1.29 is 14.4 Å². The summed E-state index contributed by atoms with van der Waals surface area (Å²) >= 11 is 5.70. The predicted octanol–water partition coefficient (Wildman–Crippen LogP) is 1.74. The summed E-state index contributed by atoms with van der Waals surface area (Å²) in [6.45, 7) is 1.96. The van der Waals surface area contributed by atoms with Gasteiger partial charge in [0.1, 0.15) is 5.82 Å². The van der Waals surface area contributed by atoms with Crippen molar-refractivity contribution in [3.05, 3.63) is 34.6 Å². The van der Waals surface area contributed by atoms with Crippen LogP contribution in [0.5, 0.6) is 0 Å². The van der Waals surface area contributed by atoms with E-state index in [-0.39, 0.29) is 17.1 Å². The van der Waals surface area contributed by atoms with Crippen molar-refractivity contribution in [2.45, 2.75) is 13.5 Å². The van der Waals surface area contributed by atoms with Crippen molar-refractivity contribution in [1.29, 1.82) is 0 Å². The molecule has 2 aromatic rings. The average molecular weight is 269 g/mol. The summed E-state index contributed by atoms with van der Waals surface area (Å²) in [7, 11) is 0. The van der Waals surface area contributed by atoms with Gasteiger partial charge in [-0.25, -0.2) is 9.78 Å². The number of hydrogen-bond donors (Lipinski definition) is 2. The molecule has 0 fully saturated rings. The molecule has 0 aliphatic heterocycles. The normalized spacial score (nSPS) is 10.3. The number of aryl methyl sites for hydroxylation is 1. The fourth-order valence-corrected chi connectivity index (χ4v) is 1.47. The fourth-order valence-electron chi connectivity index (χ4n) is 1.28. The number of nitrogens with one attached hydrogen (secondary N) is 1. The Kier molecular flexibility index (Phi) is 3.42. The molecule has 0 atom stereocenters. The summed E-state index contributed by atoms with van der Waals surface area (Å²) in [5, 5.41) is 15.6. The monoisotopic (exact) mass is 268 g/mol. The summed E-state index contributed by atoms with van der Waals surface area (Å²) < 4.78 is 4.80. The van der Waals surface area contributed by atoms with Gasteiger partial charge in [-0.3, -0.25) is 0 Å². The Labute approximate surface area is 107 Å². The third-order valence-corrected chi connectivity index (χ3v) is 2.38. The molecule has 0 bridgehead atoms. The quantitative estimate of drug-likeness (QED) is 0.871. The number of aromatic carboxylic acids is 1. The molecule has 2 rings (SSSR count). The third-order valence-electron chi connectivity index (χ3n) is 2.08. The summed E-state index contributed by atoms with van der Waals surface area (Å²) in [6.07, 6.45) is 1.27. The number of hydrogen-bond acceptors (Lipinski definition) is 6. The summed E-state index contributed by atoms with van der Waals surface area (Å²) in [5.41, 5.74) is -0.0153. The molecule has 0 radical (unpaired) electrons. The Morgan fingerprint density at radius 3 is 3.00 bits per heavy atom. The molecule has 94 valence electrons. The van der Waals surface area contributed by atoms with Gasteiger partial charge in [0.05, 0.1) is 17.1 Å². The number of carboxylic acid groups (broad SMARTS) is 1. The highest BCUT2D eigenvalue weighted by Crippen LogP contribution is 2.18. The lowest BCUT2D eigenvalue weighted by Gasteiger charge is -2.04. The molecule has 0 aliphatic carbocycles. The first-order chi connectivity index (χ1) is 8.56. The average Bonchev–Trinajstić information content (AvgIpc) is 2.74. The SMILES string of the molecule is Cc1nc(CNc2cc(C(=O)O)c(Cl)cn2)no1. The van der Waals surface area contributed by atoms with E-state index in [0.717, 1.165) is 0 Å². The van der Waals surface area contributed by atoms with Crippen LogP contribution in [0.3, 0.4) is 0 Å². The summed E-state index contributed by atoms with van der Waals surface area (Å²) in [5.74, 6) is 0.184. The smallest absolute Gasteiger partial charge is 0.337 e. The van der Waals surface area contributed by atoms with Crippen molar-refractivity contribution in [3.8, 4) is 0 Å². The lowest BCUT2D eigenvalue weighted by atomic mass is 10.2. The topological polar surface area (TPSA) is 101 Å². The Hall–Kier alpha value is -2.15. The Morgan fingerprint density at radius 1 is 1.61 bits per heavy atom. The van der Waals surface area contributed by atoms with Gasteiger partial charge in [0.25, 0.3) is 0 Å². The number of anilines is 1. The van der Waals surface area contributed by atoms with E-state index in [1.54, 1.807) is 6.92 Å². The van der Waals surface area contributed by atoms with Crippen LogP contribution in [-0.2, 0) is 6.54 Å². The van der Waals surface area contributed by atoms with Crippen LogP contribution in [0.15, 0.2) is 16.8 Å². The van der Waals surface area contributed by atoms with Crippen molar-refractivity contribution in [3.63, 3.8) is 0 Å². The van der Waals surface area contributed by atoms with E-state index in [4.69, 9.17) is 21.2 Å². The molecule has 18 heavy (non-hydrogen) atoms. The van der Waals surface area contributed by atoms with Crippen molar-refractivity contribution >= 4 is 23.4 Å². The highest BCUT2D eigenvalue weighted by Gasteiger charge is 2.10. The van der Waals surface area contributed by atoms with Gasteiger partial charge in [-0.15, -0.1) is 0 Å². The Morgan fingerprint density at radius 2 is 2.39 bits per heavy atom. The minimum atomic E-state index is -1.11. The highest BCUT2D eigenvalue weighted by molar-refractivity contribution is 6.33. The lowest BCUT2D eigenvalue weighted by molar-refractivity contribution is 0.0697. The van der Waals surface area contributed by atoms with Gasteiger partial charge < -0.3 is 14.9 Å². The molecule has 2 heterocycles. The van der Waals surface area contributed by atoms with Gasteiger partial charge in [0, 0.05) is 13.1 Å². The first-order valence-electron chi connectivity index (χ1n) is 4.98. The van der Waals surface area contributed by atoms with Crippen LogP contribution in [0, 0.1) is 6.92 Å². The van der Waals surface area contributed by atoms with Crippen LogP contribution in [-0.4, -0.2) is 26.2 Å². The number of carbonyl (C=O) groups is 1. The number of pyridine rings is 1. The van der Waals surface area contributed by atoms with Gasteiger partial charge in [-0.05, 0) is 6.07 Å². The van der Waals surface area contributed by atoms with Crippen LogP contribution >= 0.6 is 11.6 Å². The molecule has 0 saturated carbocycles. The van der Waals surface area contributed by atoms with Gasteiger partial charge in [-0.1, -0.05) is 16.8 Å². The standard InChI is InChI=1S/C10H9ClN4O3/c1-5-14-9(15-18-5)4-13-8-2-6(10(16)17)7(11)3-12-8/h2-3H,4H2,1H3,(H,12,13)(H,16,17). The molecule has 0 unspecified atom stereocenters. The summed E-state index contributed by atoms with van der Waals surface area (Å²) in [6, 6.07) is 1.34. The van der Waals surface area contributed by atoms with Crippen LogP contribution in [0.2, 0.25) is 5.02 Å². The third kappa shape index (κ3) is 2.75. The number of rotatable bonds is 4. The molecular formula is C10H9ClN4O3. The Balaban J connectivity index is 2.10. The van der Waals surface area contributed by atoms with Gasteiger partial charge in [0.15, 0.2) is 5.82 Å². The first-order valence-corrected chi connectivity index (χ1v) is 5.36. The van der Waals surface area contributed by atoms with Crippen LogP contribution in [0.25, 0.3) is 0 Å². The second kappa shape index (κ2) is 5.01. The molecule has 7 nitrogen and oxygen atoms in total. The highest BCUT2D eigenvalue weighted by atomic mass is 35.5. The van der Waals surface area contributed by atoms with E-state index in [0.29, 0.717) is 17.5 Å². The Bertz CT molecular complexity index is 584. The van der Waals surface area contributed by atoms with Crippen molar-refractivity contribution in [2.75, 3.05) is 5.32 Å². The summed E-state index contributed by atoms with van der Waals surface area (Å²) in [4.78, 5) is 18.8. The van der Waals surface area contributed by atoms with E-state index in [9.17, 15) is 4.79 Å². The van der Waals surface area contributed by atoms with Gasteiger partial charge in [0.2, 0.25) is 5.89 Å². The maximum absolute atomic E-state index is 10.9. The zero-order chi connectivity index (χ0) is 13.1. The molecule has 0 spiro atoms. The molecule has 0 saturated heterocycles. The van der Waals surface area contributed by atoms with Crippen LogP contribution < -0.4 is 5.32 Å². The van der Waals surface area contributed by atoms with Crippen LogP contribution in [0.4, 0.5) is 5.82 Å². The maximum atomic E-state index is 10.9. The van der Waals surface area contributed by atoms with Gasteiger partial charge in [-0.2, -0.15) is 4.98 Å². The first kappa shape index (κ1) is 12.3. The van der Waals surface area contributed by atoms with Gasteiger partial charge >= 0.3 is 5.97 Å². The second-order valence-electron chi connectivity index (χ2n) is 3.44. The van der Waals surface area contributed by atoms with Crippen molar-refractivity contribution in [2.24, 2.45) is 0 Å². The molecule has 0 aliphatic rings.